The number of hydrogen-bond donors (Lipinski definition) is 2. The molecule has 2 heterocycles. The number of nitrogens with one attached hydrogen (secondary N) is 2. The van der Waals surface area contributed by atoms with Crippen molar-refractivity contribution < 1.29 is 13.6 Å². The first kappa shape index (κ1) is 34.2. The third-order valence-corrected chi connectivity index (χ3v) is 9.12. The lowest BCUT2D eigenvalue weighted by atomic mass is 10.1. The number of fused-ring (bicyclic) bond motifs is 1. The van der Waals surface area contributed by atoms with Gasteiger partial charge in [0.05, 0.1) is 17.6 Å². The van der Waals surface area contributed by atoms with Gasteiger partial charge in [0.15, 0.2) is 0 Å². The molecule has 2 aromatic heterocycles. The summed E-state index contributed by atoms with van der Waals surface area (Å²) in [6.07, 6.45) is 0. The van der Waals surface area contributed by atoms with E-state index in [9.17, 15) is 23.2 Å². The lowest BCUT2D eigenvalue weighted by molar-refractivity contribution is 0.254. The zero-order valence-corrected chi connectivity index (χ0v) is 27.7. The molecule has 48 heavy (non-hydrogen) atoms. The molecule has 0 fully saturated rings. The number of anilines is 1. The van der Waals surface area contributed by atoms with E-state index in [0.717, 1.165) is 32.7 Å². The average molecular weight is 688 g/mol. The number of nitrogens with zero attached hydrogens (tertiary/aromatic N) is 3. The van der Waals surface area contributed by atoms with Crippen LogP contribution < -0.4 is 21.9 Å². The number of carbonyl (C=O) groups excluding carboxylic acids is 1. The van der Waals surface area contributed by atoms with Crippen molar-refractivity contribution in [2.24, 2.45) is 0 Å². The number of hydrogen-bond acceptors (Lipinski definition) is 5. The van der Waals surface area contributed by atoms with Crippen LogP contribution in [0.1, 0.15) is 16.7 Å². The average Bonchev–Trinajstić information content (AvgIpc) is 3.44. The largest absolute Gasteiger partial charge is 0.341 e. The van der Waals surface area contributed by atoms with Gasteiger partial charge in [-0.05, 0) is 60.1 Å². The second-order valence-electron chi connectivity index (χ2n) is 11.1. The Morgan fingerprint density at radius 2 is 1.44 bits per heavy atom. The van der Waals surface area contributed by atoms with E-state index in [0.29, 0.717) is 34.9 Å². The zero-order chi connectivity index (χ0) is 33.1. The number of para-hydroxylation sites is 1. The van der Waals surface area contributed by atoms with E-state index >= 15 is 0 Å². The summed E-state index contributed by atoms with van der Waals surface area (Å²) in [5.41, 5.74) is 1.89. The van der Waals surface area contributed by atoms with Gasteiger partial charge in [-0.15, -0.1) is 23.7 Å². The van der Waals surface area contributed by atoms with Crippen LogP contribution in [0.25, 0.3) is 26.3 Å². The number of benzene rings is 4. The molecule has 0 spiro atoms. The van der Waals surface area contributed by atoms with Crippen molar-refractivity contribution in [3.8, 4) is 16.1 Å². The smallest absolute Gasteiger partial charge is 0.337 e. The number of aromatic nitrogens is 2. The third-order valence-electron chi connectivity index (χ3n) is 7.82. The van der Waals surface area contributed by atoms with E-state index in [4.69, 9.17) is 0 Å². The van der Waals surface area contributed by atoms with E-state index in [1.54, 1.807) is 42.5 Å². The molecule has 8 nitrogen and oxygen atoms in total. The molecule has 6 rings (SSSR count). The van der Waals surface area contributed by atoms with Gasteiger partial charge in [-0.1, -0.05) is 66.7 Å². The molecule has 246 valence electrons. The summed E-state index contributed by atoms with van der Waals surface area (Å²) in [5.74, 6) is -1.58. The van der Waals surface area contributed by atoms with Gasteiger partial charge in [0.1, 0.15) is 16.5 Å². The van der Waals surface area contributed by atoms with Gasteiger partial charge in [-0.2, -0.15) is 0 Å². The van der Waals surface area contributed by atoms with E-state index in [1.807, 2.05) is 49.5 Å². The van der Waals surface area contributed by atoms with Crippen LogP contribution in [-0.4, -0.2) is 34.2 Å². The molecule has 0 aliphatic heterocycles. The summed E-state index contributed by atoms with van der Waals surface area (Å²) in [6, 6.07) is 28.7. The lowest BCUT2D eigenvalue weighted by Gasteiger charge is -2.18. The first-order valence-corrected chi connectivity index (χ1v) is 15.7. The van der Waals surface area contributed by atoms with Crippen molar-refractivity contribution in [2.75, 3.05) is 19.4 Å². The fourth-order valence-corrected chi connectivity index (χ4v) is 6.86. The molecule has 0 saturated carbocycles. The Bertz CT molecular complexity index is 2170. The molecule has 12 heteroatoms. The molecule has 0 atom stereocenters. The van der Waals surface area contributed by atoms with Crippen LogP contribution in [-0.2, 0) is 19.6 Å². The second-order valence-corrected chi connectivity index (χ2v) is 12.1. The number of thiophene rings is 1. The first-order chi connectivity index (χ1) is 22.7. The molecular formula is C36H32ClF2N5O3S. The first-order valence-electron chi connectivity index (χ1n) is 14.9. The van der Waals surface area contributed by atoms with Crippen LogP contribution in [0.2, 0.25) is 0 Å². The molecule has 0 unspecified atom stereocenters. The maximum atomic E-state index is 15.0. The normalized spacial score (nSPS) is 11.0. The van der Waals surface area contributed by atoms with E-state index in [2.05, 4.69) is 15.5 Å². The van der Waals surface area contributed by atoms with Gasteiger partial charge < -0.3 is 10.6 Å². The minimum atomic E-state index is -0.790. The van der Waals surface area contributed by atoms with Crippen LogP contribution in [0.15, 0.2) is 113 Å². The monoisotopic (exact) mass is 687 g/mol. The molecule has 4 aromatic carbocycles. The number of urea groups is 1. The lowest BCUT2D eigenvalue weighted by Crippen LogP contribution is -2.39. The van der Waals surface area contributed by atoms with Crippen molar-refractivity contribution >= 4 is 45.7 Å². The van der Waals surface area contributed by atoms with Crippen molar-refractivity contribution in [2.45, 2.75) is 19.6 Å². The standard InChI is InChI=1S/C36H31F2N5O3S.ClH/c1-39-35(45)40-25-18-16-24(17-19-25)32-28(21-41(2)20-23-10-5-3-6-11-23)31-33(44)43(26-12-7-4-8-13-26)36(46)42(34(31)47-32)22-27-29(37)14-9-15-30(27)38;/h3-19H,20-22H2,1-2H3,(H2,39,40,45);1H. The van der Waals surface area contributed by atoms with Crippen molar-refractivity contribution in [3.05, 3.63) is 152 Å². The van der Waals surface area contributed by atoms with Gasteiger partial charge >= 0.3 is 11.7 Å². The topological polar surface area (TPSA) is 88.4 Å². The van der Waals surface area contributed by atoms with Crippen LogP contribution >= 0.6 is 23.7 Å². The van der Waals surface area contributed by atoms with Crippen LogP contribution in [0.5, 0.6) is 0 Å². The third kappa shape index (κ3) is 6.93. The van der Waals surface area contributed by atoms with Crippen LogP contribution in [0, 0.1) is 11.6 Å². The highest BCUT2D eigenvalue weighted by Crippen LogP contribution is 2.38. The minimum Gasteiger partial charge on any atom is -0.341 e. The SMILES string of the molecule is CNC(=O)Nc1ccc(-c2sc3c(c2CN(C)Cc2ccccc2)c(=O)n(-c2ccccc2)c(=O)n3Cc2c(F)cccc2F)cc1.Cl. The summed E-state index contributed by atoms with van der Waals surface area (Å²) < 4.78 is 32.3. The van der Waals surface area contributed by atoms with Crippen molar-refractivity contribution in [1.29, 1.82) is 0 Å². The summed E-state index contributed by atoms with van der Waals surface area (Å²) in [7, 11) is 3.46. The quantitative estimate of drug-likeness (QED) is 0.171. The predicted octanol–water partition coefficient (Wildman–Crippen LogP) is 7.01. The predicted molar refractivity (Wildman–Crippen MR) is 190 cm³/mol. The van der Waals surface area contributed by atoms with E-state index in [-0.39, 0.29) is 29.4 Å². The van der Waals surface area contributed by atoms with Crippen LogP contribution in [0.4, 0.5) is 19.3 Å². The molecule has 0 aliphatic rings. The Morgan fingerprint density at radius 1 is 0.812 bits per heavy atom. The van der Waals surface area contributed by atoms with Crippen LogP contribution in [0.3, 0.4) is 0 Å². The van der Waals surface area contributed by atoms with E-state index in [1.165, 1.54) is 29.0 Å². The Balaban J connectivity index is 0.00000451. The summed E-state index contributed by atoms with van der Waals surface area (Å²) >= 11 is 1.22. The number of halogens is 3. The molecular weight excluding hydrogens is 656 g/mol. The number of amides is 2. The molecule has 2 amide bonds. The molecule has 0 bridgehead atoms. The summed E-state index contributed by atoms with van der Waals surface area (Å²) in [5, 5.41) is 5.54. The Hall–Kier alpha value is -5.10. The number of carbonyl (C=O) groups is 1. The van der Waals surface area contributed by atoms with Gasteiger partial charge in [0.25, 0.3) is 5.56 Å². The number of rotatable bonds is 9. The Kier molecular flexibility index (Phi) is 10.5. The molecule has 2 N–H and O–H groups in total. The summed E-state index contributed by atoms with van der Waals surface area (Å²) in [4.78, 5) is 43.6. The van der Waals surface area contributed by atoms with Gasteiger partial charge in [-0.3, -0.25) is 14.3 Å². The van der Waals surface area contributed by atoms with E-state index < -0.39 is 29.4 Å². The molecule has 0 aliphatic carbocycles. The Labute approximate surface area is 285 Å². The molecule has 0 radical (unpaired) electrons. The molecule has 0 saturated heterocycles. The fraction of sp³-hybridized carbons (Fsp3) is 0.139. The maximum absolute atomic E-state index is 15.0. The maximum Gasteiger partial charge on any atom is 0.337 e. The van der Waals surface area contributed by atoms with Gasteiger partial charge in [0, 0.05) is 36.3 Å². The highest BCUT2D eigenvalue weighted by molar-refractivity contribution is 7.22. The molecule has 6 aromatic rings. The van der Waals surface area contributed by atoms with Gasteiger partial charge in [-0.25, -0.2) is 22.9 Å². The second kappa shape index (κ2) is 14.8. The zero-order valence-electron chi connectivity index (χ0n) is 26.1. The van der Waals surface area contributed by atoms with Crippen molar-refractivity contribution in [3.63, 3.8) is 0 Å². The highest BCUT2D eigenvalue weighted by atomic mass is 35.5. The minimum absolute atomic E-state index is 0. The fourth-order valence-electron chi connectivity index (χ4n) is 5.56. The highest BCUT2D eigenvalue weighted by Gasteiger charge is 2.25. The summed E-state index contributed by atoms with van der Waals surface area (Å²) in [6.45, 7) is 0.494. The van der Waals surface area contributed by atoms with Gasteiger partial charge in [0.2, 0.25) is 0 Å². The Morgan fingerprint density at radius 3 is 2.06 bits per heavy atom. The van der Waals surface area contributed by atoms with Crippen molar-refractivity contribution in [1.82, 2.24) is 19.4 Å².